The van der Waals surface area contributed by atoms with Crippen LogP contribution in [0.25, 0.3) is 0 Å². The highest BCUT2D eigenvalue weighted by molar-refractivity contribution is 5.93. The summed E-state index contributed by atoms with van der Waals surface area (Å²) in [5.74, 6) is 0.844. The normalized spacial score (nSPS) is 20.8. The summed E-state index contributed by atoms with van der Waals surface area (Å²) in [6.07, 6.45) is 5.09. The molecule has 1 aliphatic heterocycles. The predicted octanol–water partition coefficient (Wildman–Crippen LogP) is 2.26. The highest BCUT2D eigenvalue weighted by atomic mass is 16.5. The molecular formula is C15H19NO3. The van der Waals surface area contributed by atoms with Gasteiger partial charge in [-0.25, -0.2) is 0 Å². The number of anilines is 1. The molecule has 1 amide bonds. The van der Waals surface area contributed by atoms with Crippen LogP contribution in [-0.2, 0) is 11.2 Å². The SMILES string of the molecule is O=C1CCc2cc(OCC3(O)CCCC3)ccc2N1. The lowest BCUT2D eigenvalue weighted by molar-refractivity contribution is -0.116. The third kappa shape index (κ3) is 2.73. The third-order valence-corrected chi connectivity index (χ3v) is 4.01. The maximum atomic E-state index is 11.3. The van der Waals surface area contributed by atoms with Gasteiger partial charge in [0, 0.05) is 12.1 Å². The molecule has 19 heavy (non-hydrogen) atoms. The number of fused-ring (bicyclic) bond motifs is 1. The average Bonchev–Trinajstić information content (AvgIpc) is 2.84. The number of ether oxygens (including phenoxy) is 1. The Kier molecular flexibility index (Phi) is 3.19. The van der Waals surface area contributed by atoms with E-state index < -0.39 is 5.60 Å². The maximum Gasteiger partial charge on any atom is 0.224 e. The van der Waals surface area contributed by atoms with Crippen molar-refractivity contribution in [3.8, 4) is 5.75 Å². The number of amides is 1. The van der Waals surface area contributed by atoms with Gasteiger partial charge in [-0.05, 0) is 43.0 Å². The second-order valence-electron chi connectivity index (χ2n) is 5.59. The number of aliphatic hydroxyl groups is 1. The molecule has 1 fully saturated rings. The first kappa shape index (κ1) is 12.5. The van der Waals surface area contributed by atoms with Crippen LogP contribution in [0.1, 0.15) is 37.7 Å². The van der Waals surface area contributed by atoms with Crippen molar-refractivity contribution in [3.05, 3.63) is 23.8 Å². The summed E-state index contributed by atoms with van der Waals surface area (Å²) in [6, 6.07) is 5.69. The first-order valence-corrected chi connectivity index (χ1v) is 6.93. The first-order valence-electron chi connectivity index (χ1n) is 6.93. The van der Waals surface area contributed by atoms with E-state index >= 15 is 0 Å². The molecule has 1 aromatic carbocycles. The van der Waals surface area contributed by atoms with Crippen LogP contribution in [0.3, 0.4) is 0 Å². The molecule has 2 aliphatic rings. The second-order valence-corrected chi connectivity index (χ2v) is 5.59. The van der Waals surface area contributed by atoms with Gasteiger partial charge in [0.25, 0.3) is 0 Å². The van der Waals surface area contributed by atoms with Crippen molar-refractivity contribution in [2.24, 2.45) is 0 Å². The highest BCUT2D eigenvalue weighted by Gasteiger charge is 2.32. The number of nitrogens with one attached hydrogen (secondary N) is 1. The monoisotopic (exact) mass is 261 g/mol. The van der Waals surface area contributed by atoms with Crippen molar-refractivity contribution in [2.45, 2.75) is 44.1 Å². The Morgan fingerprint density at radius 1 is 1.26 bits per heavy atom. The molecule has 1 aliphatic carbocycles. The zero-order valence-corrected chi connectivity index (χ0v) is 10.9. The largest absolute Gasteiger partial charge is 0.491 e. The zero-order chi connectivity index (χ0) is 13.3. The Morgan fingerprint density at radius 2 is 2.05 bits per heavy atom. The van der Waals surface area contributed by atoms with Gasteiger partial charge < -0.3 is 15.2 Å². The molecule has 2 N–H and O–H groups in total. The van der Waals surface area contributed by atoms with Crippen LogP contribution in [0.5, 0.6) is 5.75 Å². The molecule has 0 radical (unpaired) electrons. The van der Waals surface area contributed by atoms with Crippen LogP contribution < -0.4 is 10.1 Å². The predicted molar refractivity (Wildman–Crippen MR) is 72.3 cm³/mol. The molecule has 0 spiro atoms. The van der Waals surface area contributed by atoms with Crippen molar-refractivity contribution in [2.75, 3.05) is 11.9 Å². The van der Waals surface area contributed by atoms with E-state index in [9.17, 15) is 9.90 Å². The van der Waals surface area contributed by atoms with Gasteiger partial charge in [0.2, 0.25) is 5.91 Å². The Balaban J connectivity index is 1.67. The van der Waals surface area contributed by atoms with Crippen LogP contribution >= 0.6 is 0 Å². The fraction of sp³-hybridized carbons (Fsp3) is 0.533. The number of aryl methyl sites for hydroxylation is 1. The van der Waals surface area contributed by atoms with E-state index in [1.807, 2.05) is 18.2 Å². The van der Waals surface area contributed by atoms with Gasteiger partial charge in [-0.15, -0.1) is 0 Å². The van der Waals surface area contributed by atoms with Crippen molar-refractivity contribution in [1.82, 2.24) is 0 Å². The second kappa shape index (κ2) is 4.85. The fourth-order valence-corrected chi connectivity index (χ4v) is 2.84. The number of carbonyl (C=O) groups excluding carboxylic acids is 1. The van der Waals surface area contributed by atoms with E-state index in [1.54, 1.807) is 0 Å². The number of hydrogen-bond acceptors (Lipinski definition) is 3. The summed E-state index contributed by atoms with van der Waals surface area (Å²) in [4.78, 5) is 11.3. The van der Waals surface area contributed by atoms with Gasteiger partial charge >= 0.3 is 0 Å². The van der Waals surface area contributed by atoms with Crippen LogP contribution in [0.2, 0.25) is 0 Å². The lowest BCUT2D eigenvalue weighted by Gasteiger charge is -2.23. The third-order valence-electron chi connectivity index (χ3n) is 4.01. The fourth-order valence-electron chi connectivity index (χ4n) is 2.84. The molecule has 102 valence electrons. The molecule has 1 aromatic rings. The smallest absolute Gasteiger partial charge is 0.224 e. The van der Waals surface area contributed by atoms with Gasteiger partial charge in [-0.2, -0.15) is 0 Å². The molecular weight excluding hydrogens is 242 g/mol. The van der Waals surface area contributed by atoms with Gasteiger partial charge in [-0.3, -0.25) is 4.79 Å². The van der Waals surface area contributed by atoms with E-state index in [0.29, 0.717) is 13.0 Å². The molecule has 0 aromatic heterocycles. The molecule has 1 heterocycles. The first-order chi connectivity index (χ1) is 9.15. The zero-order valence-electron chi connectivity index (χ0n) is 10.9. The van der Waals surface area contributed by atoms with Crippen molar-refractivity contribution >= 4 is 11.6 Å². The molecule has 3 rings (SSSR count). The van der Waals surface area contributed by atoms with Crippen molar-refractivity contribution in [1.29, 1.82) is 0 Å². The van der Waals surface area contributed by atoms with Gasteiger partial charge in [0.15, 0.2) is 0 Å². The number of rotatable bonds is 3. The lowest BCUT2D eigenvalue weighted by atomic mass is 10.0. The highest BCUT2D eigenvalue weighted by Crippen LogP contribution is 2.31. The van der Waals surface area contributed by atoms with Gasteiger partial charge in [-0.1, -0.05) is 12.8 Å². The van der Waals surface area contributed by atoms with Crippen LogP contribution in [0.4, 0.5) is 5.69 Å². The van der Waals surface area contributed by atoms with Crippen LogP contribution in [0.15, 0.2) is 18.2 Å². The summed E-state index contributed by atoms with van der Waals surface area (Å²) in [5.41, 5.74) is 1.34. The van der Waals surface area contributed by atoms with E-state index in [-0.39, 0.29) is 5.91 Å². The topological polar surface area (TPSA) is 58.6 Å². The van der Waals surface area contributed by atoms with E-state index in [1.165, 1.54) is 0 Å². The molecule has 4 heteroatoms. The van der Waals surface area contributed by atoms with E-state index in [4.69, 9.17) is 4.74 Å². The Morgan fingerprint density at radius 3 is 2.84 bits per heavy atom. The Labute approximate surface area is 112 Å². The summed E-state index contributed by atoms with van der Waals surface area (Å²) in [6.45, 7) is 0.359. The molecule has 0 bridgehead atoms. The Bertz CT molecular complexity index is 492. The molecule has 0 saturated heterocycles. The molecule has 0 unspecified atom stereocenters. The Hall–Kier alpha value is -1.55. The standard InChI is InChI=1S/C15H19NO3/c17-14-6-3-11-9-12(4-5-13(11)16-14)19-10-15(18)7-1-2-8-15/h4-5,9,18H,1-3,6-8,10H2,(H,16,17). The number of carbonyl (C=O) groups is 1. The summed E-state index contributed by atoms with van der Waals surface area (Å²) < 4.78 is 5.72. The van der Waals surface area contributed by atoms with Crippen LogP contribution in [-0.4, -0.2) is 23.2 Å². The van der Waals surface area contributed by atoms with Crippen LogP contribution in [0, 0.1) is 0 Å². The quantitative estimate of drug-likeness (QED) is 0.877. The van der Waals surface area contributed by atoms with Gasteiger partial charge in [0.1, 0.15) is 12.4 Å². The summed E-state index contributed by atoms with van der Waals surface area (Å²) in [5, 5.41) is 13.1. The average molecular weight is 261 g/mol. The maximum absolute atomic E-state index is 11.3. The van der Waals surface area contributed by atoms with E-state index in [0.717, 1.165) is 49.1 Å². The summed E-state index contributed by atoms with van der Waals surface area (Å²) >= 11 is 0. The van der Waals surface area contributed by atoms with Crippen molar-refractivity contribution in [3.63, 3.8) is 0 Å². The minimum Gasteiger partial charge on any atom is -0.491 e. The molecule has 4 nitrogen and oxygen atoms in total. The number of benzene rings is 1. The van der Waals surface area contributed by atoms with E-state index in [2.05, 4.69) is 5.32 Å². The van der Waals surface area contributed by atoms with Crippen molar-refractivity contribution < 1.29 is 14.6 Å². The molecule has 0 atom stereocenters. The summed E-state index contributed by atoms with van der Waals surface area (Å²) in [7, 11) is 0. The number of hydrogen-bond donors (Lipinski definition) is 2. The lowest BCUT2D eigenvalue weighted by Crippen LogP contribution is -2.32. The molecule has 1 saturated carbocycles. The van der Waals surface area contributed by atoms with Gasteiger partial charge in [0.05, 0.1) is 5.60 Å². The minimum atomic E-state index is -0.649. The minimum absolute atomic E-state index is 0.0708.